The van der Waals surface area contributed by atoms with Crippen LogP contribution in [0.4, 0.5) is 0 Å². The quantitative estimate of drug-likeness (QED) is 0.804. The number of carbonyl (C=O) groups excluding carboxylic acids is 1. The fraction of sp³-hybridized carbons (Fsp3) is 0.250. The lowest BCUT2D eigenvalue weighted by Crippen LogP contribution is -2.00. The van der Waals surface area contributed by atoms with Crippen molar-refractivity contribution in [2.45, 2.75) is 6.61 Å². The molecule has 1 aromatic carbocycles. The van der Waals surface area contributed by atoms with Gasteiger partial charge in [-0.1, -0.05) is 6.07 Å². The van der Waals surface area contributed by atoms with E-state index in [0.29, 0.717) is 12.3 Å². The minimum atomic E-state index is -0.357. The lowest BCUT2D eigenvalue weighted by atomic mass is 10.2. The average molecular weight is 219 g/mol. The zero-order chi connectivity index (χ0) is 11.5. The molecule has 1 heterocycles. The number of H-pyrrole nitrogens is 1. The topological polar surface area (TPSA) is 51.3 Å². The molecular weight excluding hydrogens is 206 g/mol. The Hall–Kier alpha value is -1.81. The highest BCUT2D eigenvalue weighted by atomic mass is 16.5. The Kier molecular flexibility index (Phi) is 2.92. The zero-order valence-electron chi connectivity index (χ0n) is 9.24. The van der Waals surface area contributed by atoms with Gasteiger partial charge in [0.25, 0.3) is 0 Å². The second kappa shape index (κ2) is 4.37. The molecule has 0 fully saturated rings. The van der Waals surface area contributed by atoms with Gasteiger partial charge in [-0.2, -0.15) is 0 Å². The maximum atomic E-state index is 11.3. The zero-order valence-corrected chi connectivity index (χ0v) is 9.24. The van der Waals surface area contributed by atoms with E-state index in [2.05, 4.69) is 9.72 Å². The SMILES string of the molecule is COCc1ccc2[nH]c(C(=O)OC)cc2c1. The Bertz CT molecular complexity index is 516. The molecular formula is C12H13NO3. The highest BCUT2D eigenvalue weighted by molar-refractivity contribution is 5.94. The van der Waals surface area contributed by atoms with Gasteiger partial charge in [0.1, 0.15) is 5.69 Å². The van der Waals surface area contributed by atoms with E-state index in [9.17, 15) is 4.79 Å². The summed E-state index contributed by atoms with van der Waals surface area (Å²) in [6, 6.07) is 7.65. The molecule has 2 rings (SSSR count). The second-order valence-electron chi connectivity index (χ2n) is 3.53. The Labute approximate surface area is 93.2 Å². The van der Waals surface area contributed by atoms with Crippen LogP contribution in [0, 0.1) is 0 Å². The van der Waals surface area contributed by atoms with E-state index in [1.165, 1.54) is 7.11 Å². The summed E-state index contributed by atoms with van der Waals surface area (Å²) in [6.45, 7) is 0.564. The Balaban J connectivity index is 2.41. The van der Waals surface area contributed by atoms with Crippen molar-refractivity contribution in [3.05, 3.63) is 35.5 Å². The summed E-state index contributed by atoms with van der Waals surface area (Å²) in [4.78, 5) is 14.3. The smallest absolute Gasteiger partial charge is 0.354 e. The van der Waals surface area contributed by atoms with Crippen LogP contribution < -0.4 is 0 Å². The first-order chi connectivity index (χ1) is 7.74. The largest absolute Gasteiger partial charge is 0.464 e. The average Bonchev–Trinajstić information content (AvgIpc) is 2.71. The molecule has 0 bridgehead atoms. The molecule has 1 N–H and O–H groups in total. The molecule has 0 amide bonds. The van der Waals surface area contributed by atoms with Gasteiger partial charge in [0.05, 0.1) is 13.7 Å². The molecule has 0 radical (unpaired) electrons. The first kappa shape index (κ1) is 10.7. The minimum Gasteiger partial charge on any atom is -0.464 e. The summed E-state index contributed by atoms with van der Waals surface area (Å²) in [5.74, 6) is -0.357. The first-order valence-corrected chi connectivity index (χ1v) is 4.93. The number of aromatic amines is 1. The number of aromatic nitrogens is 1. The molecule has 84 valence electrons. The van der Waals surface area contributed by atoms with Crippen LogP contribution in [-0.4, -0.2) is 25.2 Å². The van der Waals surface area contributed by atoms with E-state index < -0.39 is 0 Å². The van der Waals surface area contributed by atoms with Gasteiger partial charge >= 0.3 is 5.97 Å². The van der Waals surface area contributed by atoms with Crippen molar-refractivity contribution >= 4 is 16.9 Å². The van der Waals surface area contributed by atoms with E-state index in [4.69, 9.17) is 4.74 Å². The number of carbonyl (C=O) groups is 1. The molecule has 4 heteroatoms. The van der Waals surface area contributed by atoms with E-state index in [1.807, 2.05) is 18.2 Å². The molecule has 0 saturated carbocycles. The van der Waals surface area contributed by atoms with Gasteiger partial charge < -0.3 is 14.5 Å². The van der Waals surface area contributed by atoms with Gasteiger partial charge in [-0.25, -0.2) is 4.79 Å². The summed E-state index contributed by atoms with van der Waals surface area (Å²) < 4.78 is 9.70. The predicted molar refractivity (Wildman–Crippen MR) is 60.4 cm³/mol. The fourth-order valence-corrected chi connectivity index (χ4v) is 1.66. The van der Waals surface area contributed by atoms with Crippen LogP contribution in [0.2, 0.25) is 0 Å². The van der Waals surface area contributed by atoms with Gasteiger partial charge in [-0.3, -0.25) is 0 Å². The number of hydrogen-bond acceptors (Lipinski definition) is 3. The molecule has 2 aromatic rings. The predicted octanol–water partition coefficient (Wildman–Crippen LogP) is 2.10. The van der Waals surface area contributed by atoms with Crippen molar-refractivity contribution in [1.29, 1.82) is 0 Å². The number of nitrogens with one attached hydrogen (secondary N) is 1. The van der Waals surface area contributed by atoms with Crippen molar-refractivity contribution in [2.24, 2.45) is 0 Å². The van der Waals surface area contributed by atoms with Gasteiger partial charge in [0.2, 0.25) is 0 Å². The van der Waals surface area contributed by atoms with Crippen LogP contribution in [0.15, 0.2) is 24.3 Å². The minimum absolute atomic E-state index is 0.357. The lowest BCUT2D eigenvalue weighted by Gasteiger charge is -1.98. The normalized spacial score (nSPS) is 10.6. The number of methoxy groups -OCH3 is 2. The van der Waals surface area contributed by atoms with Gasteiger partial charge in [0, 0.05) is 18.0 Å². The summed E-state index contributed by atoms with van der Waals surface area (Å²) >= 11 is 0. The Morgan fingerprint density at radius 3 is 2.81 bits per heavy atom. The van der Waals surface area contributed by atoms with E-state index in [1.54, 1.807) is 13.2 Å². The lowest BCUT2D eigenvalue weighted by molar-refractivity contribution is 0.0595. The summed E-state index contributed by atoms with van der Waals surface area (Å²) in [7, 11) is 3.02. The van der Waals surface area contributed by atoms with Gasteiger partial charge in [0.15, 0.2) is 0 Å². The molecule has 0 aliphatic rings. The van der Waals surface area contributed by atoms with Gasteiger partial charge in [-0.15, -0.1) is 0 Å². The second-order valence-corrected chi connectivity index (χ2v) is 3.53. The van der Waals surface area contributed by atoms with Crippen molar-refractivity contribution < 1.29 is 14.3 Å². The number of rotatable bonds is 3. The standard InChI is InChI=1S/C12H13NO3/c1-15-7-8-3-4-10-9(5-8)6-11(13-10)12(14)16-2/h3-6,13H,7H2,1-2H3. The third kappa shape index (κ3) is 1.92. The van der Waals surface area contributed by atoms with Crippen molar-refractivity contribution in [3.8, 4) is 0 Å². The number of fused-ring (bicyclic) bond motifs is 1. The third-order valence-electron chi connectivity index (χ3n) is 2.40. The molecule has 4 nitrogen and oxygen atoms in total. The highest BCUT2D eigenvalue weighted by Crippen LogP contribution is 2.18. The van der Waals surface area contributed by atoms with Crippen LogP contribution in [0.3, 0.4) is 0 Å². The first-order valence-electron chi connectivity index (χ1n) is 4.93. The maximum Gasteiger partial charge on any atom is 0.354 e. The molecule has 0 saturated heterocycles. The molecule has 1 aromatic heterocycles. The van der Waals surface area contributed by atoms with Crippen LogP contribution in [0.5, 0.6) is 0 Å². The molecule has 0 aliphatic carbocycles. The van der Waals surface area contributed by atoms with Crippen molar-refractivity contribution in [2.75, 3.05) is 14.2 Å². The van der Waals surface area contributed by atoms with Crippen LogP contribution >= 0.6 is 0 Å². The number of hydrogen-bond donors (Lipinski definition) is 1. The molecule has 16 heavy (non-hydrogen) atoms. The highest BCUT2D eigenvalue weighted by Gasteiger charge is 2.09. The number of esters is 1. The van der Waals surface area contributed by atoms with Crippen LogP contribution in [0.25, 0.3) is 10.9 Å². The van der Waals surface area contributed by atoms with Gasteiger partial charge in [-0.05, 0) is 23.8 Å². The van der Waals surface area contributed by atoms with Crippen LogP contribution in [-0.2, 0) is 16.1 Å². The Morgan fingerprint density at radius 1 is 1.31 bits per heavy atom. The fourth-order valence-electron chi connectivity index (χ4n) is 1.66. The van der Waals surface area contributed by atoms with Crippen LogP contribution in [0.1, 0.15) is 16.1 Å². The number of ether oxygens (including phenoxy) is 2. The monoisotopic (exact) mass is 219 g/mol. The van der Waals surface area contributed by atoms with E-state index >= 15 is 0 Å². The van der Waals surface area contributed by atoms with E-state index in [-0.39, 0.29) is 5.97 Å². The summed E-state index contributed by atoms with van der Waals surface area (Å²) in [5, 5.41) is 0.981. The van der Waals surface area contributed by atoms with E-state index in [0.717, 1.165) is 16.5 Å². The molecule has 0 atom stereocenters. The van der Waals surface area contributed by atoms with Crippen molar-refractivity contribution in [3.63, 3.8) is 0 Å². The number of benzene rings is 1. The molecule has 0 aliphatic heterocycles. The summed E-state index contributed by atoms with van der Waals surface area (Å²) in [6.07, 6.45) is 0. The van der Waals surface area contributed by atoms with Crippen molar-refractivity contribution in [1.82, 2.24) is 4.98 Å². The Morgan fingerprint density at radius 2 is 2.12 bits per heavy atom. The summed E-state index contributed by atoms with van der Waals surface area (Å²) in [5.41, 5.74) is 2.46. The molecule has 0 unspecified atom stereocenters. The molecule has 0 spiro atoms. The third-order valence-corrected chi connectivity index (χ3v) is 2.40. The maximum absolute atomic E-state index is 11.3.